The molecule has 2 aliphatic rings. The molecule has 2 aromatic rings. The van der Waals surface area contributed by atoms with Gasteiger partial charge < -0.3 is 10.6 Å². The first-order chi connectivity index (χ1) is 15.6. The maximum absolute atomic E-state index is 14.2. The summed E-state index contributed by atoms with van der Waals surface area (Å²) in [6.07, 6.45) is 0.940. The van der Waals surface area contributed by atoms with Gasteiger partial charge in [0.1, 0.15) is 5.82 Å². The van der Waals surface area contributed by atoms with E-state index in [1.165, 1.54) is 30.3 Å². The van der Waals surface area contributed by atoms with Crippen LogP contribution < -0.4 is 10.6 Å². The van der Waals surface area contributed by atoms with Crippen LogP contribution in [0.25, 0.3) is 0 Å². The number of nitro benzene ring substituents is 1. The summed E-state index contributed by atoms with van der Waals surface area (Å²) >= 11 is 0. The van der Waals surface area contributed by atoms with Gasteiger partial charge in [-0.3, -0.25) is 19.7 Å². The van der Waals surface area contributed by atoms with E-state index in [1.54, 1.807) is 25.1 Å². The fraction of sp³-hybridized carbons (Fsp3) is 0.280. The van der Waals surface area contributed by atoms with Crippen molar-refractivity contribution in [2.45, 2.75) is 39.5 Å². The molecule has 170 valence electrons. The van der Waals surface area contributed by atoms with Gasteiger partial charge in [0, 0.05) is 47.0 Å². The molecule has 2 aromatic carbocycles. The van der Waals surface area contributed by atoms with Gasteiger partial charge in [0.05, 0.1) is 10.6 Å². The van der Waals surface area contributed by atoms with Crippen LogP contribution in [-0.4, -0.2) is 16.6 Å². The van der Waals surface area contributed by atoms with Crippen LogP contribution in [0.1, 0.15) is 45.1 Å². The molecule has 1 atom stereocenters. The molecule has 0 spiro atoms. The number of non-ortho nitro benzene ring substituents is 1. The third kappa shape index (κ3) is 4.28. The van der Waals surface area contributed by atoms with E-state index in [-0.39, 0.29) is 28.1 Å². The van der Waals surface area contributed by atoms with Crippen molar-refractivity contribution >= 4 is 23.1 Å². The average molecular weight is 449 g/mol. The minimum atomic E-state index is -0.725. The van der Waals surface area contributed by atoms with E-state index in [4.69, 9.17) is 0 Å². The lowest BCUT2D eigenvalue weighted by molar-refractivity contribution is -0.384. The lowest BCUT2D eigenvalue weighted by Gasteiger charge is -2.39. The number of benzene rings is 2. The topological polar surface area (TPSA) is 101 Å². The van der Waals surface area contributed by atoms with Crippen LogP contribution in [0.2, 0.25) is 0 Å². The van der Waals surface area contributed by atoms with Crippen molar-refractivity contribution in [3.63, 3.8) is 0 Å². The molecular formula is C25H24FN3O4. The highest BCUT2D eigenvalue weighted by Gasteiger charge is 2.42. The average Bonchev–Trinajstić information content (AvgIpc) is 2.73. The van der Waals surface area contributed by atoms with Crippen molar-refractivity contribution in [2.24, 2.45) is 5.41 Å². The normalized spacial score (nSPS) is 19.6. The predicted octanol–water partition coefficient (Wildman–Crippen LogP) is 4.98. The van der Waals surface area contributed by atoms with Gasteiger partial charge in [0.25, 0.3) is 11.6 Å². The molecule has 0 radical (unpaired) electrons. The van der Waals surface area contributed by atoms with Gasteiger partial charge >= 0.3 is 0 Å². The van der Waals surface area contributed by atoms with Crippen molar-refractivity contribution in [3.05, 3.63) is 92.6 Å². The smallest absolute Gasteiger partial charge is 0.269 e. The molecule has 7 nitrogen and oxygen atoms in total. The van der Waals surface area contributed by atoms with Gasteiger partial charge in [-0.15, -0.1) is 0 Å². The zero-order valence-electron chi connectivity index (χ0n) is 18.6. The monoisotopic (exact) mass is 449 g/mol. The van der Waals surface area contributed by atoms with Gasteiger partial charge in [-0.25, -0.2) is 4.39 Å². The fourth-order valence-electron chi connectivity index (χ4n) is 4.61. The number of carbonyl (C=O) groups excluding carboxylic acids is 2. The number of nitrogens with one attached hydrogen (secondary N) is 2. The number of nitro groups is 1. The highest BCUT2D eigenvalue weighted by Crippen LogP contribution is 2.46. The zero-order valence-corrected chi connectivity index (χ0v) is 18.6. The molecule has 2 N–H and O–H groups in total. The Morgan fingerprint density at radius 3 is 2.45 bits per heavy atom. The van der Waals surface area contributed by atoms with Crippen LogP contribution in [-0.2, 0) is 9.59 Å². The minimum Gasteiger partial charge on any atom is -0.362 e. The van der Waals surface area contributed by atoms with Gasteiger partial charge in [0.15, 0.2) is 5.78 Å². The summed E-state index contributed by atoms with van der Waals surface area (Å²) < 4.78 is 14.2. The first kappa shape index (κ1) is 22.4. The Morgan fingerprint density at radius 2 is 1.82 bits per heavy atom. The third-order valence-corrected chi connectivity index (χ3v) is 6.04. The first-order valence-electron chi connectivity index (χ1n) is 10.6. The van der Waals surface area contributed by atoms with Crippen LogP contribution in [0.5, 0.6) is 0 Å². The molecule has 8 heteroatoms. The van der Waals surface area contributed by atoms with Crippen LogP contribution in [0.15, 0.2) is 71.1 Å². The number of ketones is 1. The number of Topliss-reactive ketones (excluding diaryl/α,β-unsaturated/α-hetero) is 1. The Bertz CT molecular complexity index is 1230. The van der Waals surface area contributed by atoms with E-state index in [0.717, 1.165) is 5.70 Å². The number of rotatable bonds is 4. The van der Waals surface area contributed by atoms with Crippen LogP contribution in [0.3, 0.4) is 0 Å². The second-order valence-corrected chi connectivity index (χ2v) is 9.21. The Hall–Kier alpha value is -3.81. The lowest BCUT2D eigenvalue weighted by Crippen LogP contribution is -2.39. The van der Waals surface area contributed by atoms with Gasteiger partial charge in [0.2, 0.25) is 0 Å². The second-order valence-electron chi connectivity index (χ2n) is 9.21. The summed E-state index contributed by atoms with van der Waals surface area (Å²) in [4.78, 5) is 37.3. The Balaban J connectivity index is 1.82. The molecule has 4 rings (SSSR count). The Kier molecular flexibility index (Phi) is 5.61. The molecule has 33 heavy (non-hydrogen) atoms. The van der Waals surface area contributed by atoms with Crippen molar-refractivity contribution in [1.29, 1.82) is 0 Å². The van der Waals surface area contributed by atoms with E-state index in [1.807, 2.05) is 13.8 Å². The summed E-state index contributed by atoms with van der Waals surface area (Å²) in [6, 6.07) is 11.7. The molecule has 1 amide bonds. The molecule has 0 bridgehead atoms. The number of dihydropyridines is 1. The van der Waals surface area contributed by atoms with Gasteiger partial charge in [-0.1, -0.05) is 38.1 Å². The van der Waals surface area contributed by atoms with Crippen molar-refractivity contribution < 1.29 is 18.9 Å². The van der Waals surface area contributed by atoms with E-state index in [9.17, 15) is 24.1 Å². The highest BCUT2D eigenvalue weighted by atomic mass is 19.1. The molecule has 1 unspecified atom stereocenters. The SMILES string of the molecule is CC1=C(C(=O)Nc2ccccc2F)C(c2ccc([N+](=O)[O-])cc2)C2=C(CC(C)(C)CC2=O)N1. The van der Waals surface area contributed by atoms with E-state index in [0.29, 0.717) is 29.7 Å². The van der Waals surface area contributed by atoms with E-state index >= 15 is 0 Å². The Morgan fingerprint density at radius 1 is 1.15 bits per heavy atom. The first-order valence-corrected chi connectivity index (χ1v) is 10.6. The summed E-state index contributed by atoms with van der Waals surface area (Å²) in [5, 5.41) is 17.0. The van der Waals surface area contributed by atoms with Gasteiger partial charge in [-0.05, 0) is 36.5 Å². The molecule has 1 heterocycles. The summed E-state index contributed by atoms with van der Waals surface area (Å²) in [5.74, 6) is -1.92. The minimum absolute atomic E-state index is 0.0288. The molecule has 0 aromatic heterocycles. The van der Waals surface area contributed by atoms with Crippen LogP contribution in [0, 0.1) is 21.3 Å². The van der Waals surface area contributed by atoms with E-state index < -0.39 is 22.6 Å². The maximum atomic E-state index is 14.2. The third-order valence-electron chi connectivity index (χ3n) is 6.04. The molecular weight excluding hydrogens is 425 g/mol. The number of nitrogens with zero attached hydrogens (tertiary/aromatic N) is 1. The molecule has 1 aliphatic heterocycles. The summed E-state index contributed by atoms with van der Waals surface area (Å²) in [5.41, 5.74) is 2.34. The zero-order chi connectivity index (χ0) is 23.9. The largest absolute Gasteiger partial charge is 0.362 e. The molecule has 0 saturated carbocycles. The number of allylic oxidation sites excluding steroid dienone is 3. The number of hydrogen-bond acceptors (Lipinski definition) is 5. The number of hydrogen-bond donors (Lipinski definition) is 2. The maximum Gasteiger partial charge on any atom is 0.269 e. The van der Waals surface area contributed by atoms with Crippen molar-refractivity contribution in [1.82, 2.24) is 5.32 Å². The quantitative estimate of drug-likeness (QED) is 0.507. The standard InChI is InChI=1S/C25H24FN3O4/c1-14-21(24(31)28-18-7-5-4-6-17(18)26)22(15-8-10-16(11-9-15)29(32)33)23-19(27-14)12-25(2,3)13-20(23)30/h4-11,22,27H,12-13H2,1-3H3,(H,28,31). The molecule has 1 aliphatic carbocycles. The summed E-state index contributed by atoms with van der Waals surface area (Å²) in [6.45, 7) is 5.76. The molecule has 0 fully saturated rings. The number of para-hydroxylation sites is 1. The number of carbonyl (C=O) groups is 2. The van der Waals surface area contributed by atoms with Crippen LogP contribution in [0.4, 0.5) is 15.8 Å². The highest BCUT2D eigenvalue weighted by molar-refractivity contribution is 6.10. The summed E-state index contributed by atoms with van der Waals surface area (Å²) in [7, 11) is 0. The van der Waals surface area contributed by atoms with E-state index in [2.05, 4.69) is 10.6 Å². The number of amides is 1. The Labute approximate surface area is 190 Å². The van der Waals surface area contributed by atoms with Gasteiger partial charge in [-0.2, -0.15) is 0 Å². The lowest BCUT2D eigenvalue weighted by atomic mass is 9.68. The fourth-order valence-corrected chi connectivity index (χ4v) is 4.61. The van der Waals surface area contributed by atoms with Crippen LogP contribution >= 0.6 is 0 Å². The van der Waals surface area contributed by atoms with Crippen molar-refractivity contribution in [3.8, 4) is 0 Å². The second kappa shape index (κ2) is 8.27. The number of halogens is 1. The predicted molar refractivity (Wildman–Crippen MR) is 122 cm³/mol. The molecule has 0 saturated heterocycles. The van der Waals surface area contributed by atoms with Crippen molar-refractivity contribution in [2.75, 3.05) is 5.32 Å². The number of anilines is 1.